The molecule has 0 saturated carbocycles. The van der Waals surface area contributed by atoms with E-state index in [1.165, 1.54) is 16.9 Å². The number of hydrogen-bond donors (Lipinski definition) is 2. The summed E-state index contributed by atoms with van der Waals surface area (Å²) in [7, 11) is 0. The molecule has 1 aromatic carbocycles. The molecule has 5 heteroatoms. The van der Waals surface area contributed by atoms with Gasteiger partial charge in [-0.3, -0.25) is 15.6 Å². The number of benzene rings is 1. The number of allylic oxidation sites excluding steroid dienone is 1. The van der Waals surface area contributed by atoms with Crippen LogP contribution in [0.2, 0.25) is 0 Å². The molecule has 0 aliphatic carbocycles. The molecule has 1 aliphatic heterocycles. The van der Waals surface area contributed by atoms with Crippen molar-refractivity contribution in [2.24, 2.45) is 0 Å². The quantitative estimate of drug-likeness (QED) is 0.807. The van der Waals surface area contributed by atoms with E-state index in [2.05, 4.69) is 17.8 Å². The van der Waals surface area contributed by atoms with Crippen molar-refractivity contribution in [2.75, 3.05) is 0 Å². The molecule has 0 atom stereocenters. The molecule has 0 aromatic heterocycles. The first-order chi connectivity index (χ1) is 8.19. The first kappa shape index (κ1) is 12.0. The largest absolute Gasteiger partial charge is 0.298 e. The van der Waals surface area contributed by atoms with Crippen LogP contribution in [-0.4, -0.2) is 10.4 Å². The summed E-state index contributed by atoms with van der Waals surface area (Å²) in [6, 6.07) is 7.52. The predicted octanol–water partition coefficient (Wildman–Crippen LogP) is 2.36. The lowest BCUT2D eigenvalue weighted by atomic mass is 10.1. The number of hydrazine groups is 2. The fourth-order valence-electron chi connectivity index (χ4n) is 1.47. The maximum Gasteiger partial charge on any atom is 0.267 e. The van der Waals surface area contributed by atoms with Crippen LogP contribution in [0, 0.1) is 6.92 Å². The van der Waals surface area contributed by atoms with Crippen LogP contribution in [0.3, 0.4) is 0 Å². The zero-order valence-corrected chi connectivity index (χ0v) is 10.7. The first-order valence-corrected chi connectivity index (χ1v) is 6.27. The van der Waals surface area contributed by atoms with Crippen molar-refractivity contribution < 1.29 is 4.79 Å². The number of amides is 1. The molecule has 4 nitrogen and oxygen atoms in total. The molecule has 17 heavy (non-hydrogen) atoms. The number of hydrogen-bond acceptors (Lipinski definition) is 4. The average Bonchev–Trinajstić information content (AvgIpc) is 2.77. The maximum absolute atomic E-state index is 11.9. The normalized spacial score (nSPS) is 15.3. The highest BCUT2D eigenvalue weighted by Gasteiger charge is 2.16. The van der Waals surface area contributed by atoms with Gasteiger partial charge in [0, 0.05) is 16.7 Å². The Morgan fingerprint density at radius 1 is 1.53 bits per heavy atom. The summed E-state index contributed by atoms with van der Waals surface area (Å²) in [6.45, 7) is 4.04. The molecule has 0 radical (unpaired) electrons. The van der Waals surface area contributed by atoms with Crippen molar-refractivity contribution in [3.63, 3.8) is 0 Å². The lowest BCUT2D eigenvalue weighted by Crippen LogP contribution is -2.41. The second-order valence-corrected chi connectivity index (χ2v) is 4.86. The third kappa shape index (κ3) is 3.01. The van der Waals surface area contributed by atoms with Crippen LogP contribution in [0.15, 0.2) is 35.4 Å². The summed E-state index contributed by atoms with van der Waals surface area (Å²) in [5.41, 5.74) is 7.50. The van der Waals surface area contributed by atoms with E-state index in [4.69, 9.17) is 0 Å². The summed E-state index contributed by atoms with van der Waals surface area (Å²) >= 11 is 1.49. The summed E-state index contributed by atoms with van der Waals surface area (Å²) in [6.07, 6.45) is 2.84. The third-order valence-corrected chi connectivity index (χ3v) is 3.40. The van der Waals surface area contributed by atoms with E-state index in [1.54, 1.807) is 10.6 Å². The van der Waals surface area contributed by atoms with Crippen molar-refractivity contribution in [3.05, 3.63) is 46.5 Å². The van der Waals surface area contributed by atoms with Crippen LogP contribution in [0.1, 0.15) is 29.3 Å². The zero-order valence-electron chi connectivity index (χ0n) is 9.86. The smallest absolute Gasteiger partial charge is 0.267 e. The van der Waals surface area contributed by atoms with Gasteiger partial charge in [0.25, 0.3) is 5.91 Å². The molecule has 1 amide bonds. The lowest BCUT2D eigenvalue weighted by Gasteiger charge is -2.15. The van der Waals surface area contributed by atoms with E-state index < -0.39 is 0 Å². The number of aryl methyl sites for hydroxylation is 1. The lowest BCUT2D eigenvalue weighted by molar-refractivity contribution is 0.0871. The molecule has 0 bridgehead atoms. The number of rotatable bonds is 3. The molecule has 2 N–H and O–H groups in total. The fraction of sp³-hybridized carbons (Fsp3) is 0.250. The van der Waals surface area contributed by atoms with E-state index in [1.807, 2.05) is 31.3 Å². The van der Waals surface area contributed by atoms with Crippen LogP contribution in [0.4, 0.5) is 0 Å². The number of carbonyl (C=O) groups excluding carboxylic acids is 1. The molecule has 0 spiro atoms. The van der Waals surface area contributed by atoms with Gasteiger partial charge in [-0.05, 0) is 37.4 Å². The predicted molar refractivity (Wildman–Crippen MR) is 69.6 cm³/mol. The van der Waals surface area contributed by atoms with Crippen molar-refractivity contribution in [1.82, 2.24) is 15.4 Å². The molecular weight excluding hydrogens is 234 g/mol. The van der Waals surface area contributed by atoms with Gasteiger partial charge in [0.05, 0.1) is 0 Å². The second kappa shape index (κ2) is 5.25. The second-order valence-electron chi connectivity index (χ2n) is 3.79. The Balaban J connectivity index is 1.95. The first-order valence-electron chi connectivity index (χ1n) is 5.50. The average molecular weight is 249 g/mol. The molecular formula is C12H15N3OS. The van der Waals surface area contributed by atoms with E-state index in [-0.39, 0.29) is 5.91 Å². The Morgan fingerprint density at radius 3 is 3.00 bits per heavy atom. The monoisotopic (exact) mass is 249 g/mol. The summed E-state index contributed by atoms with van der Waals surface area (Å²) in [5, 5.41) is 0. The van der Waals surface area contributed by atoms with E-state index >= 15 is 0 Å². The molecule has 1 aliphatic rings. The van der Waals surface area contributed by atoms with E-state index in [0.717, 1.165) is 12.0 Å². The number of nitrogens with one attached hydrogen (secondary N) is 2. The van der Waals surface area contributed by atoms with Gasteiger partial charge in [-0.1, -0.05) is 29.1 Å². The van der Waals surface area contributed by atoms with Crippen LogP contribution in [-0.2, 0) is 0 Å². The molecule has 90 valence electrons. The Morgan fingerprint density at radius 2 is 2.35 bits per heavy atom. The molecule has 2 rings (SSSR count). The summed E-state index contributed by atoms with van der Waals surface area (Å²) in [5.74, 6) is -0.112. The van der Waals surface area contributed by atoms with Crippen LogP contribution in [0.5, 0.6) is 0 Å². The summed E-state index contributed by atoms with van der Waals surface area (Å²) in [4.78, 5) is 13.1. The van der Waals surface area contributed by atoms with Gasteiger partial charge in [0.15, 0.2) is 0 Å². The van der Waals surface area contributed by atoms with Gasteiger partial charge in [-0.15, -0.1) is 0 Å². The zero-order chi connectivity index (χ0) is 12.3. The van der Waals surface area contributed by atoms with Crippen LogP contribution in [0.25, 0.3) is 0 Å². The molecule has 0 unspecified atom stereocenters. The van der Waals surface area contributed by atoms with Crippen molar-refractivity contribution in [1.29, 1.82) is 0 Å². The highest BCUT2D eigenvalue weighted by molar-refractivity contribution is 8.00. The molecule has 0 saturated heterocycles. The van der Waals surface area contributed by atoms with Gasteiger partial charge in [0.1, 0.15) is 0 Å². The van der Waals surface area contributed by atoms with Gasteiger partial charge < -0.3 is 0 Å². The van der Waals surface area contributed by atoms with Gasteiger partial charge in [-0.2, -0.15) is 0 Å². The Bertz CT molecular complexity index is 459. The Labute approximate surface area is 105 Å². The van der Waals surface area contributed by atoms with Crippen molar-refractivity contribution >= 4 is 17.9 Å². The minimum absolute atomic E-state index is 0.112. The van der Waals surface area contributed by atoms with Gasteiger partial charge >= 0.3 is 0 Å². The Kier molecular flexibility index (Phi) is 3.71. The molecule has 1 heterocycles. The standard InChI is InChI=1S/C12H15N3OS/c1-3-11-8-13-15(17-11)14-12(16)10-6-4-5-9(2)7-10/h4-8,13H,3H2,1-2H3,(H,14,16). The minimum Gasteiger partial charge on any atom is -0.298 e. The fourth-order valence-corrected chi connectivity index (χ4v) is 2.17. The van der Waals surface area contributed by atoms with Gasteiger partial charge in [-0.25, -0.2) is 0 Å². The highest BCUT2D eigenvalue weighted by Crippen LogP contribution is 2.24. The van der Waals surface area contributed by atoms with E-state index in [0.29, 0.717) is 5.56 Å². The van der Waals surface area contributed by atoms with Crippen LogP contribution >= 0.6 is 11.9 Å². The minimum atomic E-state index is -0.112. The highest BCUT2D eigenvalue weighted by atomic mass is 32.2. The van der Waals surface area contributed by atoms with E-state index in [9.17, 15) is 4.79 Å². The van der Waals surface area contributed by atoms with Crippen molar-refractivity contribution in [3.8, 4) is 0 Å². The molecule has 1 aromatic rings. The Hall–Kier alpha value is -1.46. The maximum atomic E-state index is 11.9. The third-order valence-electron chi connectivity index (χ3n) is 2.38. The number of carbonyl (C=O) groups is 1. The molecule has 0 fully saturated rings. The van der Waals surface area contributed by atoms with Crippen LogP contribution < -0.4 is 10.9 Å². The number of nitrogens with zero attached hydrogens (tertiary/aromatic N) is 1. The topological polar surface area (TPSA) is 44.4 Å². The van der Waals surface area contributed by atoms with Crippen molar-refractivity contribution in [2.45, 2.75) is 20.3 Å². The SMILES string of the molecule is CCC1=CNN(NC(=O)c2cccc(C)c2)S1. The summed E-state index contributed by atoms with van der Waals surface area (Å²) < 4.78 is 1.61. The van der Waals surface area contributed by atoms with Gasteiger partial charge in [0.2, 0.25) is 0 Å².